The Morgan fingerprint density at radius 2 is 2.05 bits per heavy atom. The van der Waals surface area contributed by atoms with E-state index in [0.29, 0.717) is 10.7 Å². The molecule has 0 aliphatic rings. The van der Waals surface area contributed by atoms with Crippen molar-refractivity contribution in [1.29, 1.82) is 5.26 Å². The molecule has 1 heterocycles. The SMILES string of the molecule is Cc1ccc(Cl)cc1NS(=O)(=O)c1ccc(C#N)nc1. The zero-order valence-corrected chi connectivity index (χ0v) is 12.0. The van der Waals surface area contributed by atoms with Crippen LogP contribution in [0.3, 0.4) is 0 Å². The third-order valence-corrected chi connectivity index (χ3v) is 4.19. The zero-order chi connectivity index (χ0) is 14.8. The predicted molar refractivity (Wildman–Crippen MR) is 75.9 cm³/mol. The maximum absolute atomic E-state index is 12.2. The molecule has 1 aromatic heterocycles. The first kappa shape index (κ1) is 14.3. The van der Waals surface area contributed by atoms with Crippen LogP contribution in [0.15, 0.2) is 41.4 Å². The fraction of sp³-hybridized carbons (Fsp3) is 0.0769. The molecule has 0 aliphatic heterocycles. The number of aromatic nitrogens is 1. The Hall–Kier alpha value is -2.10. The number of benzene rings is 1. The van der Waals surface area contributed by atoms with Crippen LogP contribution in [0.2, 0.25) is 5.02 Å². The number of halogens is 1. The molecule has 1 N–H and O–H groups in total. The second-order valence-electron chi connectivity index (χ2n) is 4.06. The Morgan fingerprint density at radius 1 is 1.30 bits per heavy atom. The Morgan fingerprint density at radius 3 is 2.65 bits per heavy atom. The first-order valence-corrected chi connectivity index (χ1v) is 7.43. The lowest BCUT2D eigenvalue weighted by molar-refractivity contribution is 0.600. The molecule has 20 heavy (non-hydrogen) atoms. The average molecular weight is 308 g/mol. The molecule has 2 aromatic rings. The van der Waals surface area contributed by atoms with Gasteiger partial charge in [-0.1, -0.05) is 17.7 Å². The van der Waals surface area contributed by atoms with Crippen LogP contribution in [-0.4, -0.2) is 13.4 Å². The number of pyridine rings is 1. The van der Waals surface area contributed by atoms with E-state index < -0.39 is 10.0 Å². The van der Waals surface area contributed by atoms with Crippen LogP contribution in [0.25, 0.3) is 0 Å². The molecule has 0 fully saturated rings. The number of nitrogens with zero attached hydrogens (tertiary/aromatic N) is 2. The van der Waals surface area contributed by atoms with Crippen LogP contribution in [0.1, 0.15) is 11.3 Å². The van der Waals surface area contributed by atoms with Crippen molar-refractivity contribution in [1.82, 2.24) is 4.98 Å². The van der Waals surface area contributed by atoms with Gasteiger partial charge in [0.1, 0.15) is 16.7 Å². The Balaban J connectivity index is 2.35. The average Bonchev–Trinajstić information content (AvgIpc) is 2.43. The molecule has 1 aromatic carbocycles. The minimum Gasteiger partial charge on any atom is -0.279 e. The molecule has 102 valence electrons. The third-order valence-electron chi connectivity index (χ3n) is 2.61. The molecule has 7 heteroatoms. The number of anilines is 1. The lowest BCUT2D eigenvalue weighted by Gasteiger charge is -2.10. The van der Waals surface area contributed by atoms with Crippen molar-refractivity contribution in [3.05, 3.63) is 52.8 Å². The highest BCUT2D eigenvalue weighted by atomic mass is 35.5. The van der Waals surface area contributed by atoms with Gasteiger partial charge in [0.05, 0.1) is 5.69 Å². The molecule has 0 spiro atoms. The monoisotopic (exact) mass is 307 g/mol. The van der Waals surface area contributed by atoms with Gasteiger partial charge in [0.2, 0.25) is 0 Å². The molecule has 0 bridgehead atoms. The van der Waals surface area contributed by atoms with E-state index in [4.69, 9.17) is 16.9 Å². The summed E-state index contributed by atoms with van der Waals surface area (Å²) in [6.07, 6.45) is 1.14. The highest BCUT2D eigenvalue weighted by Crippen LogP contribution is 2.23. The van der Waals surface area contributed by atoms with E-state index in [1.165, 1.54) is 18.2 Å². The van der Waals surface area contributed by atoms with Crippen molar-refractivity contribution >= 4 is 27.3 Å². The maximum atomic E-state index is 12.2. The summed E-state index contributed by atoms with van der Waals surface area (Å²) in [7, 11) is -3.76. The molecular formula is C13H10ClN3O2S. The summed E-state index contributed by atoms with van der Waals surface area (Å²) >= 11 is 5.85. The normalized spacial score (nSPS) is 10.8. The molecule has 0 radical (unpaired) electrons. The van der Waals surface area contributed by atoms with Gasteiger partial charge in [0.25, 0.3) is 10.0 Å². The van der Waals surface area contributed by atoms with E-state index in [2.05, 4.69) is 9.71 Å². The summed E-state index contributed by atoms with van der Waals surface area (Å²) in [5, 5.41) is 9.08. The molecule has 0 amide bonds. The van der Waals surface area contributed by atoms with Gasteiger partial charge in [-0.15, -0.1) is 0 Å². The van der Waals surface area contributed by atoms with Gasteiger partial charge in [-0.05, 0) is 36.8 Å². The highest BCUT2D eigenvalue weighted by molar-refractivity contribution is 7.92. The van der Waals surface area contributed by atoms with E-state index in [1.807, 2.05) is 6.07 Å². The van der Waals surface area contributed by atoms with Crippen molar-refractivity contribution in [2.45, 2.75) is 11.8 Å². The predicted octanol–water partition coefficient (Wildman–Crippen LogP) is 2.72. The number of hydrogen-bond acceptors (Lipinski definition) is 4. The summed E-state index contributed by atoms with van der Waals surface area (Å²) < 4.78 is 26.8. The van der Waals surface area contributed by atoms with Gasteiger partial charge in [-0.2, -0.15) is 5.26 Å². The van der Waals surface area contributed by atoms with Crippen LogP contribution in [0.5, 0.6) is 0 Å². The van der Waals surface area contributed by atoms with Gasteiger partial charge in [-0.3, -0.25) is 4.72 Å². The number of aryl methyl sites for hydroxylation is 1. The van der Waals surface area contributed by atoms with E-state index in [1.54, 1.807) is 19.1 Å². The van der Waals surface area contributed by atoms with Crippen molar-refractivity contribution in [3.8, 4) is 6.07 Å². The van der Waals surface area contributed by atoms with E-state index in [9.17, 15) is 8.42 Å². The van der Waals surface area contributed by atoms with E-state index in [0.717, 1.165) is 11.8 Å². The summed E-state index contributed by atoms with van der Waals surface area (Å²) in [6, 6.07) is 9.43. The molecule has 0 saturated carbocycles. The number of nitriles is 1. The quantitative estimate of drug-likeness (QED) is 0.945. The van der Waals surface area contributed by atoms with E-state index >= 15 is 0 Å². The van der Waals surface area contributed by atoms with Crippen molar-refractivity contribution in [3.63, 3.8) is 0 Å². The van der Waals surface area contributed by atoms with Crippen molar-refractivity contribution in [2.24, 2.45) is 0 Å². The van der Waals surface area contributed by atoms with Crippen molar-refractivity contribution < 1.29 is 8.42 Å². The minimum absolute atomic E-state index is 0.0177. The topological polar surface area (TPSA) is 82.9 Å². The van der Waals surface area contributed by atoms with E-state index in [-0.39, 0.29) is 10.6 Å². The molecule has 0 unspecified atom stereocenters. The lowest BCUT2D eigenvalue weighted by atomic mass is 10.2. The molecule has 0 aliphatic carbocycles. The number of sulfonamides is 1. The molecule has 0 saturated heterocycles. The van der Waals surface area contributed by atoms with Gasteiger partial charge in [0, 0.05) is 11.2 Å². The fourth-order valence-corrected chi connectivity index (χ4v) is 2.75. The standard InChI is InChI=1S/C13H10ClN3O2S/c1-9-2-3-10(14)6-13(9)17-20(18,19)12-5-4-11(7-15)16-8-12/h2-6,8,17H,1H3. The Bertz CT molecular complexity index is 780. The molecular weight excluding hydrogens is 298 g/mol. The Kier molecular flexibility index (Phi) is 3.93. The van der Waals surface area contributed by atoms with Gasteiger partial charge in [0.15, 0.2) is 0 Å². The van der Waals surface area contributed by atoms with Gasteiger partial charge < -0.3 is 0 Å². The van der Waals surface area contributed by atoms with Crippen LogP contribution in [0, 0.1) is 18.3 Å². The molecule has 0 atom stereocenters. The van der Waals surface area contributed by atoms with Gasteiger partial charge in [-0.25, -0.2) is 13.4 Å². The van der Waals surface area contributed by atoms with Crippen LogP contribution in [-0.2, 0) is 10.0 Å². The second kappa shape index (κ2) is 5.49. The molecule has 5 nitrogen and oxygen atoms in total. The van der Waals surface area contributed by atoms with Crippen LogP contribution in [0.4, 0.5) is 5.69 Å². The third kappa shape index (κ3) is 3.07. The summed E-state index contributed by atoms with van der Waals surface area (Å²) in [4.78, 5) is 3.72. The maximum Gasteiger partial charge on any atom is 0.263 e. The van der Waals surface area contributed by atoms with Crippen molar-refractivity contribution in [2.75, 3.05) is 4.72 Å². The van der Waals surface area contributed by atoms with Crippen LogP contribution < -0.4 is 4.72 Å². The largest absolute Gasteiger partial charge is 0.279 e. The number of hydrogen-bond donors (Lipinski definition) is 1. The minimum atomic E-state index is -3.76. The highest BCUT2D eigenvalue weighted by Gasteiger charge is 2.16. The number of rotatable bonds is 3. The first-order chi connectivity index (χ1) is 9.42. The van der Waals surface area contributed by atoms with Gasteiger partial charge >= 0.3 is 0 Å². The Labute approximate surface area is 121 Å². The fourth-order valence-electron chi connectivity index (χ4n) is 1.51. The van der Waals surface area contributed by atoms with Crippen LogP contribution >= 0.6 is 11.6 Å². The zero-order valence-electron chi connectivity index (χ0n) is 10.5. The second-order valence-corrected chi connectivity index (χ2v) is 6.17. The number of nitrogens with one attached hydrogen (secondary N) is 1. The molecule has 2 rings (SSSR count). The first-order valence-electron chi connectivity index (χ1n) is 5.57. The summed E-state index contributed by atoms with van der Waals surface area (Å²) in [5.41, 5.74) is 1.31. The summed E-state index contributed by atoms with van der Waals surface area (Å²) in [5.74, 6) is 0. The lowest BCUT2D eigenvalue weighted by Crippen LogP contribution is -2.14. The summed E-state index contributed by atoms with van der Waals surface area (Å²) in [6.45, 7) is 1.77. The smallest absolute Gasteiger partial charge is 0.263 e.